The molecule has 2 aromatic rings. The van der Waals surface area contributed by atoms with Crippen molar-refractivity contribution in [2.45, 2.75) is 20.8 Å². The first-order valence-corrected chi connectivity index (χ1v) is 6.39. The van der Waals surface area contributed by atoms with Gasteiger partial charge in [0.15, 0.2) is 0 Å². The van der Waals surface area contributed by atoms with Gasteiger partial charge in [0.1, 0.15) is 5.75 Å². The fraction of sp³-hybridized carbons (Fsp3) is 0.312. The smallest absolute Gasteiger partial charge is 0.410 e. The molecule has 0 bridgehead atoms. The van der Waals surface area contributed by atoms with E-state index in [0.717, 1.165) is 10.8 Å². The number of hydrogen-bond acceptors (Lipinski definition) is 2. The Morgan fingerprint density at radius 1 is 1.11 bits per heavy atom. The molecule has 1 amide bonds. The molecule has 3 nitrogen and oxygen atoms in total. The zero-order chi connectivity index (χ0) is 13.9. The van der Waals surface area contributed by atoms with Gasteiger partial charge in [-0.3, -0.25) is 0 Å². The van der Waals surface area contributed by atoms with E-state index in [1.54, 1.807) is 6.07 Å². The molecule has 0 radical (unpaired) electrons. The molecule has 19 heavy (non-hydrogen) atoms. The van der Waals surface area contributed by atoms with Gasteiger partial charge in [-0.2, -0.15) is 0 Å². The minimum atomic E-state index is -0.411. The van der Waals surface area contributed by atoms with Crippen molar-refractivity contribution in [3.8, 4) is 5.75 Å². The van der Waals surface area contributed by atoms with Crippen LogP contribution in [0.1, 0.15) is 20.8 Å². The van der Waals surface area contributed by atoms with E-state index >= 15 is 0 Å². The number of fused-ring (bicyclic) bond motifs is 1. The zero-order valence-electron chi connectivity index (χ0n) is 11.6. The molecule has 0 aromatic heterocycles. The molecule has 0 unspecified atom stereocenters. The lowest BCUT2D eigenvalue weighted by Crippen LogP contribution is -2.34. The molecular formula is C16H19NO2. The zero-order valence-corrected chi connectivity index (χ0v) is 11.6. The largest absolute Gasteiger partial charge is 0.412 e. The first-order valence-electron chi connectivity index (χ1n) is 6.39. The van der Waals surface area contributed by atoms with Crippen LogP contribution in [0.3, 0.4) is 0 Å². The monoisotopic (exact) mass is 257 g/mol. The van der Waals surface area contributed by atoms with Gasteiger partial charge in [-0.15, -0.1) is 0 Å². The van der Waals surface area contributed by atoms with E-state index < -0.39 is 6.09 Å². The highest BCUT2D eigenvalue weighted by molar-refractivity contribution is 5.90. The fourth-order valence-corrected chi connectivity index (χ4v) is 1.76. The Morgan fingerprint density at radius 3 is 2.53 bits per heavy atom. The Labute approximate surface area is 113 Å². The minimum absolute atomic E-state index is 0.0395. The number of carbonyl (C=O) groups is 1. The van der Waals surface area contributed by atoms with Crippen molar-refractivity contribution in [2.24, 2.45) is 5.41 Å². The summed E-state index contributed by atoms with van der Waals surface area (Å²) in [4.78, 5) is 11.8. The van der Waals surface area contributed by atoms with E-state index in [-0.39, 0.29) is 5.41 Å². The van der Waals surface area contributed by atoms with Crippen molar-refractivity contribution in [2.75, 3.05) is 6.54 Å². The maximum absolute atomic E-state index is 11.8. The molecule has 1 N–H and O–H groups in total. The summed E-state index contributed by atoms with van der Waals surface area (Å²) in [5, 5.41) is 4.77. The van der Waals surface area contributed by atoms with Gasteiger partial charge in [-0.05, 0) is 16.9 Å². The van der Waals surface area contributed by atoms with Gasteiger partial charge in [0.2, 0.25) is 0 Å². The lowest BCUT2D eigenvalue weighted by Gasteiger charge is -2.18. The first-order chi connectivity index (χ1) is 8.96. The van der Waals surface area contributed by atoms with Crippen LogP contribution in [0.2, 0.25) is 0 Å². The summed E-state index contributed by atoms with van der Waals surface area (Å²) >= 11 is 0. The number of amides is 1. The number of rotatable bonds is 2. The summed E-state index contributed by atoms with van der Waals surface area (Å²) in [5.41, 5.74) is 0.0395. The van der Waals surface area contributed by atoms with Gasteiger partial charge in [-0.25, -0.2) is 4.79 Å². The SMILES string of the molecule is CC(C)(C)CNC(=O)Oc1cccc2ccccc12. The van der Waals surface area contributed by atoms with Crippen molar-refractivity contribution < 1.29 is 9.53 Å². The van der Waals surface area contributed by atoms with Crippen LogP contribution in [0.4, 0.5) is 4.79 Å². The van der Waals surface area contributed by atoms with Gasteiger partial charge >= 0.3 is 6.09 Å². The van der Waals surface area contributed by atoms with E-state index in [1.165, 1.54) is 0 Å². The second kappa shape index (κ2) is 5.31. The Kier molecular flexibility index (Phi) is 3.74. The normalized spacial score (nSPS) is 11.3. The van der Waals surface area contributed by atoms with Crippen LogP contribution in [0.25, 0.3) is 10.8 Å². The summed E-state index contributed by atoms with van der Waals surface area (Å²) in [7, 11) is 0. The predicted molar refractivity (Wildman–Crippen MR) is 77.4 cm³/mol. The molecule has 2 aromatic carbocycles. The van der Waals surface area contributed by atoms with Crippen molar-refractivity contribution in [3.63, 3.8) is 0 Å². The highest BCUT2D eigenvalue weighted by atomic mass is 16.6. The van der Waals surface area contributed by atoms with Gasteiger partial charge in [0, 0.05) is 11.9 Å². The van der Waals surface area contributed by atoms with E-state index in [2.05, 4.69) is 26.1 Å². The quantitative estimate of drug-likeness (QED) is 0.883. The van der Waals surface area contributed by atoms with Gasteiger partial charge in [-0.1, -0.05) is 57.2 Å². The van der Waals surface area contributed by atoms with E-state index in [9.17, 15) is 4.79 Å². The van der Waals surface area contributed by atoms with Crippen LogP contribution < -0.4 is 10.1 Å². The Balaban J connectivity index is 2.11. The van der Waals surface area contributed by atoms with Crippen LogP contribution in [-0.2, 0) is 0 Å². The topological polar surface area (TPSA) is 38.3 Å². The molecule has 0 saturated heterocycles. The van der Waals surface area contributed by atoms with Gasteiger partial charge in [0.05, 0.1) is 0 Å². The van der Waals surface area contributed by atoms with Crippen molar-refractivity contribution in [3.05, 3.63) is 42.5 Å². The number of benzene rings is 2. The molecule has 0 aliphatic carbocycles. The molecule has 2 rings (SSSR count). The average Bonchev–Trinajstić information content (AvgIpc) is 2.36. The Bertz CT molecular complexity index is 579. The Morgan fingerprint density at radius 2 is 1.79 bits per heavy atom. The van der Waals surface area contributed by atoms with Crippen LogP contribution in [0, 0.1) is 5.41 Å². The summed E-state index contributed by atoms with van der Waals surface area (Å²) in [5.74, 6) is 0.588. The van der Waals surface area contributed by atoms with Crippen molar-refractivity contribution in [1.29, 1.82) is 0 Å². The third-order valence-corrected chi connectivity index (χ3v) is 2.72. The highest BCUT2D eigenvalue weighted by Gasteiger charge is 2.13. The lowest BCUT2D eigenvalue weighted by molar-refractivity contribution is 0.196. The second-order valence-electron chi connectivity index (χ2n) is 5.78. The summed E-state index contributed by atoms with van der Waals surface area (Å²) in [6, 6.07) is 13.5. The molecular weight excluding hydrogens is 238 g/mol. The fourth-order valence-electron chi connectivity index (χ4n) is 1.76. The molecule has 0 saturated carbocycles. The number of ether oxygens (including phenoxy) is 1. The van der Waals surface area contributed by atoms with E-state index in [4.69, 9.17) is 4.74 Å². The number of hydrogen-bond donors (Lipinski definition) is 1. The van der Waals surface area contributed by atoms with Crippen LogP contribution in [-0.4, -0.2) is 12.6 Å². The van der Waals surface area contributed by atoms with Crippen molar-refractivity contribution >= 4 is 16.9 Å². The molecule has 0 aliphatic heterocycles. The number of carbonyl (C=O) groups excluding carboxylic acids is 1. The molecule has 0 heterocycles. The maximum atomic E-state index is 11.8. The second-order valence-corrected chi connectivity index (χ2v) is 5.78. The Hall–Kier alpha value is -2.03. The maximum Gasteiger partial charge on any atom is 0.412 e. The third kappa shape index (κ3) is 3.71. The van der Waals surface area contributed by atoms with Crippen molar-refractivity contribution in [1.82, 2.24) is 5.32 Å². The molecule has 3 heteroatoms. The minimum Gasteiger partial charge on any atom is -0.410 e. The van der Waals surface area contributed by atoms with Gasteiger partial charge in [0.25, 0.3) is 0 Å². The summed E-state index contributed by atoms with van der Waals surface area (Å²) in [6.07, 6.45) is -0.411. The third-order valence-electron chi connectivity index (χ3n) is 2.72. The van der Waals surface area contributed by atoms with Crippen LogP contribution in [0.5, 0.6) is 5.75 Å². The summed E-state index contributed by atoms with van der Waals surface area (Å²) in [6.45, 7) is 6.76. The number of nitrogens with one attached hydrogen (secondary N) is 1. The lowest BCUT2D eigenvalue weighted by atomic mass is 9.97. The molecule has 0 aliphatic rings. The summed E-state index contributed by atoms with van der Waals surface area (Å²) < 4.78 is 5.37. The predicted octanol–water partition coefficient (Wildman–Crippen LogP) is 3.97. The molecule has 0 spiro atoms. The van der Waals surface area contributed by atoms with E-state index in [0.29, 0.717) is 12.3 Å². The molecule has 0 fully saturated rings. The van der Waals surface area contributed by atoms with Gasteiger partial charge < -0.3 is 10.1 Å². The van der Waals surface area contributed by atoms with Crippen LogP contribution in [0.15, 0.2) is 42.5 Å². The highest BCUT2D eigenvalue weighted by Crippen LogP contribution is 2.25. The first kappa shape index (κ1) is 13.4. The average molecular weight is 257 g/mol. The van der Waals surface area contributed by atoms with E-state index in [1.807, 2.05) is 36.4 Å². The van der Waals surface area contributed by atoms with Crippen LogP contribution >= 0.6 is 0 Å². The molecule has 0 atom stereocenters. The molecule has 100 valence electrons. The standard InChI is InChI=1S/C16H19NO2/c1-16(2,3)11-17-15(18)19-14-10-6-8-12-7-4-5-9-13(12)14/h4-10H,11H2,1-3H3,(H,17,18).